The number of nitrogens with zero attached hydrogens (tertiary/aromatic N) is 1. The highest BCUT2D eigenvalue weighted by atomic mass is 19.4. The number of hydrogen-bond acceptors (Lipinski definition) is 3. The summed E-state index contributed by atoms with van der Waals surface area (Å²) < 4.78 is 41.2. The van der Waals surface area contributed by atoms with Crippen molar-refractivity contribution in [3.05, 3.63) is 59.7 Å². The van der Waals surface area contributed by atoms with Crippen LogP contribution in [0.5, 0.6) is 5.75 Å². The minimum Gasteiger partial charge on any atom is -0.406 e. The average molecular weight is 406 g/mol. The molecule has 1 heterocycles. The monoisotopic (exact) mass is 406 g/mol. The van der Waals surface area contributed by atoms with Crippen LogP contribution in [0.25, 0.3) is 0 Å². The van der Waals surface area contributed by atoms with Crippen LogP contribution in [0.1, 0.15) is 24.0 Å². The summed E-state index contributed by atoms with van der Waals surface area (Å²) in [5.41, 5.74) is 2.11. The van der Waals surface area contributed by atoms with Crippen molar-refractivity contribution < 1.29 is 27.5 Å². The van der Waals surface area contributed by atoms with E-state index in [1.54, 1.807) is 4.90 Å². The van der Waals surface area contributed by atoms with Crippen molar-refractivity contribution in [1.29, 1.82) is 0 Å². The lowest BCUT2D eigenvalue weighted by molar-refractivity contribution is -0.274. The Kier molecular flexibility index (Phi) is 6.41. The predicted octanol–water partition coefficient (Wildman–Crippen LogP) is 3.61. The maximum Gasteiger partial charge on any atom is 0.573 e. The number of halogens is 3. The highest BCUT2D eigenvalue weighted by Gasteiger charge is 2.32. The SMILES string of the molecule is O=C(Cc1ccccc1)NCCC(=O)N1CCCc2cc(OC(F)(F)F)ccc21. The number of ether oxygens (including phenoxy) is 1. The molecule has 0 atom stereocenters. The number of nitrogens with one attached hydrogen (secondary N) is 1. The third-order valence-electron chi connectivity index (χ3n) is 4.57. The molecule has 0 aliphatic carbocycles. The van der Waals surface area contributed by atoms with Gasteiger partial charge in [0.05, 0.1) is 6.42 Å². The first-order chi connectivity index (χ1) is 13.8. The van der Waals surface area contributed by atoms with Crippen molar-refractivity contribution in [2.75, 3.05) is 18.0 Å². The zero-order valence-corrected chi connectivity index (χ0v) is 15.7. The Labute approximate surface area is 166 Å². The van der Waals surface area contributed by atoms with Gasteiger partial charge in [-0.1, -0.05) is 30.3 Å². The van der Waals surface area contributed by atoms with Gasteiger partial charge < -0.3 is 15.0 Å². The summed E-state index contributed by atoms with van der Waals surface area (Å²) in [4.78, 5) is 26.1. The van der Waals surface area contributed by atoms with Gasteiger partial charge in [0.2, 0.25) is 11.8 Å². The molecule has 0 fully saturated rings. The number of aryl methyl sites for hydroxylation is 1. The average Bonchev–Trinajstić information content (AvgIpc) is 2.66. The molecule has 0 bridgehead atoms. The fourth-order valence-electron chi connectivity index (χ4n) is 3.32. The normalized spacial score (nSPS) is 13.6. The van der Waals surface area contributed by atoms with E-state index in [4.69, 9.17) is 0 Å². The number of carbonyl (C=O) groups is 2. The summed E-state index contributed by atoms with van der Waals surface area (Å²) in [6.45, 7) is 0.689. The second kappa shape index (κ2) is 8.98. The van der Waals surface area contributed by atoms with Gasteiger partial charge in [0.25, 0.3) is 0 Å². The highest BCUT2D eigenvalue weighted by Crippen LogP contribution is 2.33. The molecule has 154 valence electrons. The lowest BCUT2D eigenvalue weighted by atomic mass is 10.0. The first kappa shape index (κ1) is 20.7. The van der Waals surface area contributed by atoms with Crippen molar-refractivity contribution in [2.45, 2.75) is 32.0 Å². The molecule has 2 amide bonds. The molecule has 1 N–H and O–H groups in total. The summed E-state index contributed by atoms with van der Waals surface area (Å²) >= 11 is 0. The zero-order valence-electron chi connectivity index (χ0n) is 15.7. The molecule has 2 aromatic carbocycles. The quantitative estimate of drug-likeness (QED) is 0.797. The smallest absolute Gasteiger partial charge is 0.406 e. The molecule has 0 saturated carbocycles. The van der Waals surface area contributed by atoms with E-state index in [1.807, 2.05) is 30.3 Å². The molecule has 0 radical (unpaired) electrons. The van der Waals surface area contributed by atoms with Crippen LogP contribution in [0.4, 0.5) is 18.9 Å². The van der Waals surface area contributed by atoms with Crippen molar-refractivity contribution in [2.24, 2.45) is 0 Å². The fourth-order valence-corrected chi connectivity index (χ4v) is 3.32. The van der Waals surface area contributed by atoms with Gasteiger partial charge >= 0.3 is 6.36 Å². The van der Waals surface area contributed by atoms with Gasteiger partial charge in [0.1, 0.15) is 5.75 Å². The largest absolute Gasteiger partial charge is 0.573 e. The minimum atomic E-state index is -4.75. The van der Waals surface area contributed by atoms with Crippen molar-refractivity contribution in [1.82, 2.24) is 5.32 Å². The predicted molar refractivity (Wildman–Crippen MR) is 102 cm³/mol. The van der Waals surface area contributed by atoms with E-state index in [0.29, 0.717) is 30.6 Å². The first-order valence-electron chi connectivity index (χ1n) is 9.31. The van der Waals surface area contributed by atoms with Gasteiger partial charge in [-0.05, 0) is 42.2 Å². The molecule has 0 aromatic heterocycles. The van der Waals surface area contributed by atoms with Gasteiger partial charge in [0, 0.05) is 25.2 Å². The molecular weight excluding hydrogens is 385 g/mol. The Balaban J connectivity index is 1.55. The molecule has 0 saturated heterocycles. The van der Waals surface area contributed by atoms with Gasteiger partial charge in [-0.25, -0.2) is 0 Å². The van der Waals surface area contributed by atoms with Crippen LogP contribution in [0.15, 0.2) is 48.5 Å². The molecule has 0 spiro atoms. The van der Waals surface area contributed by atoms with Crippen molar-refractivity contribution >= 4 is 17.5 Å². The maximum absolute atomic E-state index is 12.6. The lowest BCUT2D eigenvalue weighted by Gasteiger charge is -2.30. The van der Waals surface area contributed by atoms with E-state index < -0.39 is 6.36 Å². The Morgan fingerprint density at radius 3 is 2.59 bits per heavy atom. The highest BCUT2D eigenvalue weighted by molar-refractivity contribution is 5.95. The van der Waals surface area contributed by atoms with Crippen LogP contribution in [0.3, 0.4) is 0 Å². The Hall–Kier alpha value is -3.03. The zero-order chi connectivity index (χ0) is 20.9. The van der Waals surface area contributed by atoms with E-state index in [2.05, 4.69) is 10.1 Å². The lowest BCUT2D eigenvalue weighted by Crippen LogP contribution is -2.38. The summed E-state index contributed by atoms with van der Waals surface area (Å²) in [7, 11) is 0. The summed E-state index contributed by atoms with van der Waals surface area (Å²) in [5.74, 6) is -0.647. The third kappa shape index (κ3) is 5.97. The molecule has 8 heteroatoms. The number of alkyl halides is 3. The van der Waals surface area contributed by atoms with Gasteiger partial charge in [-0.2, -0.15) is 0 Å². The second-order valence-electron chi connectivity index (χ2n) is 6.75. The first-order valence-corrected chi connectivity index (χ1v) is 9.31. The summed E-state index contributed by atoms with van der Waals surface area (Å²) in [6, 6.07) is 13.3. The second-order valence-corrected chi connectivity index (χ2v) is 6.75. The molecule has 3 rings (SSSR count). The van der Waals surface area contributed by atoms with E-state index >= 15 is 0 Å². The summed E-state index contributed by atoms with van der Waals surface area (Å²) in [6.07, 6.45) is -3.18. The van der Waals surface area contributed by atoms with E-state index in [9.17, 15) is 22.8 Å². The van der Waals surface area contributed by atoms with Gasteiger partial charge in [-0.3, -0.25) is 9.59 Å². The Bertz CT molecular complexity index is 869. The van der Waals surface area contributed by atoms with Crippen LogP contribution in [-0.2, 0) is 22.4 Å². The van der Waals surface area contributed by atoms with Crippen LogP contribution >= 0.6 is 0 Å². The number of rotatable bonds is 6. The topological polar surface area (TPSA) is 58.6 Å². The Morgan fingerprint density at radius 1 is 1.10 bits per heavy atom. The number of hydrogen-bond donors (Lipinski definition) is 1. The standard InChI is InChI=1S/C21H21F3N2O3/c22-21(23,24)29-17-8-9-18-16(14-17)7-4-12-26(18)20(28)10-11-25-19(27)13-15-5-2-1-3-6-15/h1-3,5-6,8-9,14H,4,7,10-13H2,(H,25,27). The van der Waals surface area contributed by atoms with E-state index in [1.165, 1.54) is 18.2 Å². The van der Waals surface area contributed by atoms with E-state index in [-0.39, 0.29) is 37.0 Å². The molecule has 5 nitrogen and oxygen atoms in total. The van der Waals surface area contributed by atoms with Gasteiger partial charge in [0.15, 0.2) is 0 Å². The van der Waals surface area contributed by atoms with Gasteiger partial charge in [-0.15, -0.1) is 13.2 Å². The minimum absolute atomic E-state index is 0.112. The van der Waals surface area contributed by atoms with Crippen LogP contribution in [0.2, 0.25) is 0 Å². The molecule has 29 heavy (non-hydrogen) atoms. The van der Waals surface area contributed by atoms with Crippen LogP contribution in [-0.4, -0.2) is 31.3 Å². The molecule has 2 aromatic rings. The molecule has 1 aliphatic heterocycles. The molecule has 1 aliphatic rings. The van der Waals surface area contributed by atoms with Crippen LogP contribution in [0, 0.1) is 0 Å². The van der Waals surface area contributed by atoms with E-state index in [0.717, 1.165) is 5.56 Å². The number of amides is 2. The molecular formula is C21H21F3N2O3. The summed E-state index contributed by atoms with van der Waals surface area (Å²) in [5, 5.41) is 2.73. The number of anilines is 1. The Morgan fingerprint density at radius 2 is 1.86 bits per heavy atom. The van der Waals surface area contributed by atoms with Crippen molar-refractivity contribution in [3.8, 4) is 5.75 Å². The van der Waals surface area contributed by atoms with Crippen LogP contribution < -0.4 is 15.0 Å². The molecule has 0 unspecified atom stereocenters. The number of carbonyl (C=O) groups excluding carboxylic acids is 2. The van der Waals surface area contributed by atoms with Crippen molar-refractivity contribution in [3.63, 3.8) is 0 Å². The fraction of sp³-hybridized carbons (Fsp3) is 0.333. The third-order valence-corrected chi connectivity index (χ3v) is 4.57. The maximum atomic E-state index is 12.6. The number of fused-ring (bicyclic) bond motifs is 1. The number of benzene rings is 2.